The molecule has 2 N–H and O–H groups in total. The molecular formula is C10H18N2O2. The number of hydrogen-bond donors (Lipinski definition) is 2. The molecule has 0 spiro atoms. The zero-order chi connectivity index (χ0) is 9.97. The van der Waals surface area contributed by atoms with E-state index >= 15 is 0 Å². The first kappa shape index (κ1) is 9.93. The fourth-order valence-corrected chi connectivity index (χ4v) is 1.85. The van der Waals surface area contributed by atoms with Crippen molar-refractivity contribution in [1.29, 1.82) is 0 Å². The quantitative estimate of drug-likeness (QED) is 0.582. The summed E-state index contributed by atoms with van der Waals surface area (Å²) in [5.41, 5.74) is 0. The minimum Gasteiger partial charge on any atom is -0.395 e. The first-order valence-electron chi connectivity index (χ1n) is 5.41. The van der Waals surface area contributed by atoms with Crippen LogP contribution in [0, 0.1) is 11.8 Å². The lowest BCUT2D eigenvalue weighted by molar-refractivity contribution is -0.138. The maximum Gasteiger partial charge on any atom is 0.225 e. The molecule has 0 radical (unpaired) electrons. The molecule has 2 rings (SSSR count). The molecule has 1 saturated carbocycles. The fraction of sp³-hybridized carbons (Fsp3) is 0.900. The van der Waals surface area contributed by atoms with Crippen molar-refractivity contribution in [3.05, 3.63) is 0 Å². The maximum absolute atomic E-state index is 11.5. The van der Waals surface area contributed by atoms with Crippen molar-refractivity contribution in [2.24, 2.45) is 11.8 Å². The van der Waals surface area contributed by atoms with Gasteiger partial charge >= 0.3 is 0 Å². The van der Waals surface area contributed by atoms with Gasteiger partial charge in [-0.05, 0) is 12.8 Å². The van der Waals surface area contributed by atoms with Gasteiger partial charge in [0, 0.05) is 38.0 Å². The monoisotopic (exact) mass is 198 g/mol. The van der Waals surface area contributed by atoms with Crippen molar-refractivity contribution >= 4 is 5.91 Å². The Morgan fingerprint density at radius 1 is 1.43 bits per heavy atom. The molecule has 4 nitrogen and oxygen atoms in total. The molecule has 1 aliphatic carbocycles. The summed E-state index contributed by atoms with van der Waals surface area (Å²) >= 11 is 0. The van der Waals surface area contributed by atoms with Crippen molar-refractivity contribution in [3.8, 4) is 0 Å². The van der Waals surface area contributed by atoms with Gasteiger partial charge in [-0.15, -0.1) is 0 Å². The van der Waals surface area contributed by atoms with Gasteiger partial charge in [0.15, 0.2) is 0 Å². The Labute approximate surface area is 84.3 Å². The van der Waals surface area contributed by atoms with Gasteiger partial charge in [-0.1, -0.05) is 0 Å². The van der Waals surface area contributed by atoms with Crippen molar-refractivity contribution in [2.75, 3.05) is 32.8 Å². The van der Waals surface area contributed by atoms with E-state index in [-0.39, 0.29) is 6.61 Å². The molecular weight excluding hydrogens is 180 g/mol. The van der Waals surface area contributed by atoms with Gasteiger partial charge in [-0.2, -0.15) is 0 Å². The average molecular weight is 198 g/mol. The third-order valence-corrected chi connectivity index (χ3v) is 2.92. The predicted octanol–water partition coefficient (Wildman–Crippen LogP) is -0.563. The van der Waals surface area contributed by atoms with E-state index < -0.39 is 0 Å². The zero-order valence-electron chi connectivity index (χ0n) is 8.41. The van der Waals surface area contributed by atoms with Crippen molar-refractivity contribution < 1.29 is 9.90 Å². The van der Waals surface area contributed by atoms with Gasteiger partial charge in [0.1, 0.15) is 0 Å². The fourth-order valence-electron chi connectivity index (χ4n) is 1.85. The van der Waals surface area contributed by atoms with Crippen LogP contribution < -0.4 is 5.32 Å². The molecule has 0 aromatic rings. The summed E-state index contributed by atoms with van der Waals surface area (Å²) in [5, 5.41) is 11.7. The first-order chi connectivity index (χ1) is 6.81. The summed E-state index contributed by atoms with van der Waals surface area (Å²) in [4.78, 5) is 13.5. The molecule has 0 unspecified atom stereocenters. The van der Waals surface area contributed by atoms with Crippen LogP contribution in [0.15, 0.2) is 0 Å². The Kier molecular flexibility index (Phi) is 3.03. The van der Waals surface area contributed by atoms with E-state index in [1.165, 1.54) is 0 Å². The molecule has 0 aromatic carbocycles. The summed E-state index contributed by atoms with van der Waals surface area (Å²) in [6.45, 7) is 3.60. The van der Waals surface area contributed by atoms with E-state index in [9.17, 15) is 4.79 Å². The average Bonchev–Trinajstić information content (AvgIpc) is 2.90. The van der Waals surface area contributed by atoms with E-state index in [2.05, 4.69) is 5.32 Å². The van der Waals surface area contributed by atoms with Crippen LogP contribution in [0.2, 0.25) is 0 Å². The lowest BCUT2D eigenvalue weighted by atomic mass is 9.99. The second kappa shape index (κ2) is 4.28. The number of likely N-dealkylation sites (tertiary alicyclic amines) is 1. The Hall–Kier alpha value is -0.610. The summed E-state index contributed by atoms with van der Waals surface area (Å²) in [6, 6.07) is 0. The smallest absolute Gasteiger partial charge is 0.225 e. The largest absolute Gasteiger partial charge is 0.395 e. The van der Waals surface area contributed by atoms with Gasteiger partial charge < -0.3 is 15.3 Å². The second-order valence-electron chi connectivity index (χ2n) is 4.31. The highest BCUT2D eigenvalue weighted by Crippen LogP contribution is 2.33. The number of aliphatic hydroxyl groups excluding tert-OH is 1. The highest BCUT2D eigenvalue weighted by molar-refractivity contribution is 5.81. The lowest BCUT2D eigenvalue weighted by Crippen LogP contribution is -2.53. The molecule has 80 valence electrons. The topological polar surface area (TPSA) is 52.6 Å². The van der Waals surface area contributed by atoms with Crippen LogP contribution in [0.4, 0.5) is 0 Å². The van der Waals surface area contributed by atoms with E-state index in [4.69, 9.17) is 5.11 Å². The summed E-state index contributed by atoms with van der Waals surface area (Å²) in [5.74, 6) is 1.33. The highest BCUT2D eigenvalue weighted by Gasteiger charge is 2.38. The SMILES string of the molecule is O=C(C1CC1)N1CC(CNCCO)C1. The first-order valence-corrected chi connectivity index (χ1v) is 5.41. The molecule has 1 amide bonds. The number of carbonyl (C=O) groups excluding carboxylic acids is 1. The molecule has 0 aromatic heterocycles. The third kappa shape index (κ3) is 2.25. The molecule has 2 aliphatic rings. The second-order valence-corrected chi connectivity index (χ2v) is 4.31. The molecule has 2 fully saturated rings. The Morgan fingerprint density at radius 3 is 2.71 bits per heavy atom. The van der Waals surface area contributed by atoms with Gasteiger partial charge in [0.25, 0.3) is 0 Å². The Morgan fingerprint density at radius 2 is 2.14 bits per heavy atom. The van der Waals surface area contributed by atoms with E-state index in [0.29, 0.717) is 24.3 Å². The molecule has 1 aliphatic heterocycles. The Bertz CT molecular complexity index is 210. The van der Waals surface area contributed by atoms with Crippen molar-refractivity contribution in [3.63, 3.8) is 0 Å². The normalized spacial score (nSPS) is 22.2. The summed E-state index contributed by atoms with van der Waals surface area (Å²) in [7, 11) is 0. The molecule has 0 bridgehead atoms. The number of carbonyl (C=O) groups is 1. The maximum atomic E-state index is 11.5. The number of nitrogens with one attached hydrogen (secondary N) is 1. The number of nitrogens with zero attached hydrogens (tertiary/aromatic N) is 1. The van der Waals surface area contributed by atoms with Crippen molar-refractivity contribution in [1.82, 2.24) is 10.2 Å². The minimum absolute atomic E-state index is 0.192. The number of aliphatic hydroxyl groups is 1. The third-order valence-electron chi connectivity index (χ3n) is 2.92. The van der Waals surface area contributed by atoms with Gasteiger partial charge in [0.05, 0.1) is 6.61 Å². The van der Waals surface area contributed by atoms with Gasteiger partial charge in [-0.3, -0.25) is 4.79 Å². The summed E-state index contributed by atoms with van der Waals surface area (Å²) in [6.07, 6.45) is 2.20. The highest BCUT2D eigenvalue weighted by atomic mass is 16.3. The van der Waals surface area contributed by atoms with Crippen molar-refractivity contribution in [2.45, 2.75) is 12.8 Å². The number of amides is 1. The molecule has 4 heteroatoms. The van der Waals surface area contributed by atoms with Crippen LogP contribution in [0.25, 0.3) is 0 Å². The van der Waals surface area contributed by atoms with Gasteiger partial charge in [-0.25, -0.2) is 0 Å². The number of hydrogen-bond acceptors (Lipinski definition) is 3. The van der Waals surface area contributed by atoms with Crippen LogP contribution in [0.5, 0.6) is 0 Å². The van der Waals surface area contributed by atoms with Crippen LogP contribution in [0.3, 0.4) is 0 Å². The lowest BCUT2D eigenvalue weighted by Gasteiger charge is -2.39. The van der Waals surface area contributed by atoms with Crippen LogP contribution >= 0.6 is 0 Å². The van der Waals surface area contributed by atoms with Crippen LogP contribution in [0.1, 0.15) is 12.8 Å². The van der Waals surface area contributed by atoms with Crippen LogP contribution in [-0.2, 0) is 4.79 Å². The molecule has 14 heavy (non-hydrogen) atoms. The van der Waals surface area contributed by atoms with E-state index in [1.54, 1.807) is 0 Å². The van der Waals surface area contributed by atoms with E-state index in [1.807, 2.05) is 4.90 Å². The van der Waals surface area contributed by atoms with Crippen LogP contribution in [-0.4, -0.2) is 48.7 Å². The molecule has 1 saturated heterocycles. The van der Waals surface area contributed by atoms with Gasteiger partial charge in [0.2, 0.25) is 5.91 Å². The standard InChI is InChI=1S/C10H18N2O2/c13-4-3-11-5-8-6-12(7-8)10(14)9-1-2-9/h8-9,11,13H,1-7H2. The minimum atomic E-state index is 0.192. The molecule has 1 heterocycles. The van der Waals surface area contributed by atoms with E-state index in [0.717, 1.165) is 32.5 Å². The predicted molar refractivity (Wildman–Crippen MR) is 52.7 cm³/mol. The Balaban J connectivity index is 1.57. The summed E-state index contributed by atoms with van der Waals surface area (Å²) < 4.78 is 0. The molecule has 0 atom stereocenters. The zero-order valence-corrected chi connectivity index (χ0v) is 8.41. The number of rotatable bonds is 5.